The summed E-state index contributed by atoms with van der Waals surface area (Å²) in [5.41, 5.74) is 0. The maximum Gasteiger partial charge on any atom is 0.331 e. The van der Waals surface area contributed by atoms with Crippen LogP contribution in [0.1, 0.15) is 69.2 Å². The molecule has 50 heavy (non-hydrogen) atoms. The van der Waals surface area contributed by atoms with Crippen molar-refractivity contribution in [1.82, 2.24) is 0 Å². The number of allylic oxidation sites excluding steroid dienone is 6. The predicted octanol–water partition coefficient (Wildman–Crippen LogP) is 4.87. The number of cyclic esters (lactones) is 2. The second-order valence-corrected chi connectivity index (χ2v) is 14.0. The molecule has 10 heteroatoms. The number of carbonyl (C=O) groups excluding carboxylic acids is 4. The molecule has 10 nitrogen and oxygen atoms in total. The molecule has 14 atom stereocenters. The van der Waals surface area contributed by atoms with Gasteiger partial charge in [0.25, 0.3) is 0 Å². The third-order valence-electron chi connectivity index (χ3n) is 9.74. The van der Waals surface area contributed by atoms with Crippen molar-refractivity contribution in [3.05, 3.63) is 72.9 Å². The molecule has 0 saturated heterocycles. The fourth-order valence-electron chi connectivity index (χ4n) is 5.45. The fourth-order valence-corrected chi connectivity index (χ4v) is 5.45. The standard InChI is InChI=1S/C40H60O10/c1-23(31(9)41)19-21-33(43)27(5)37(47)29(7)39-25(3)15-11-13-18-36(46)50-40(26(4)16-12-14-17-35(45)49-39)30(8)38(48)28(6)34(44)22-20-24(2)32(10)42/h11-32,37-42,47-48H,1-10H3/b15-11+,16-12+,17-14+,18-13+,21-19+,22-20+/t23-,24-,25-,26-,27+,28+,29-,30-,31+,32+,37-,38-,39-,40-/m0/s1. The van der Waals surface area contributed by atoms with Crippen LogP contribution in [-0.4, -0.2) is 80.6 Å². The van der Waals surface area contributed by atoms with Crippen LogP contribution in [0.15, 0.2) is 72.9 Å². The number of aliphatic hydroxyl groups excluding tert-OH is 4. The third kappa shape index (κ3) is 14.4. The van der Waals surface area contributed by atoms with E-state index in [1.54, 1.807) is 106 Å². The van der Waals surface area contributed by atoms with Gasteiger partial charge in [0.1, 0.15) is 12.2 Å². The Morgan fingerprint density at radius 2 is 0.920 bits per heavy atom. The normalized spacial score (nSPS) is 29.6. The number of ether oxygens (including phenoxy) is 2. The van der Waals surface area contributed by atoms with E-state index in [0.29, 0.717) is 0 Å². The molecular formula is C40H60O10. The number of hydrogen-bond donors (Lipinski definition) is 4. The van der Waals surface area contributed by atoms with Crippen LogP contribution in [0.4, 0.5) is 0 Å². The van der Waals surface area contributed by atoms with Gasteiger partial charge in [0.15, 0.2) is 11.6 Å². The average Bonchev–Trinajstić information content (AvgIpc) is 3.07. The van der Waals surface area contributed by atoms with Crippen molar-refractivity contribution >= 4 is 23.5 Å². The van der Waals surface area contributed by atoms with E-state index in [9.17, 15) is 39.6 Å². The summed E-state index contributed by atoms with van der Waals surface area (Å²) >= 11 is 0. The number of carbonyl (C=O) groups is 4. The van der Waals surface area contributed by atoms with Gasteiger partial charge in [-0.1, -0.05) is 104 Å². The van der Waals surface area contributed by atoms with E-state index in [1.807, 2.05) is 0 Å². The van der Waals surface area contributed by atoms with Crippen LogP contribution in [0.3, 0.4) is 0 Å². The van der Waals surface area contributed by atoms with Crippen molar-refractivity contribution in [3.8, 4) is 0 Å². The van der Waals surface area contributed by atoms with Crippen LogP contribution in [-0.2, 0) is 28.7 Å². The van der Waals surface area contributed by atoms with E-state index in [2.05, 4.69) is 0 Å². The summed E-state index contributed by atoms with van der Waals surface area (Å²) in [6.45, 7) is 17.0. The molecule has 4 N–H and O–H groups in total. The molecule has 0 fully saturated rings. The first-order valence-electron chi connectivity index (χ1n) is 17.6. The molecule has 280 valence electrons. The first-order valence-corrected chi connectivity index (χ1v) is 17.6. The summed E-state index contributed by atoms with van der Waals surface area (Å²) in [5, 5.41) is 41.7. The maximum absolute atomic E-state index is 12.9. The summed E-state index contributed by atoms with van der Waals surface area (Å²) in [6, 6.07) is 0. The Morgan fingerprint density at radius 1 is 0.600 bits per heavy atom. The highest BCUT2D eigenvalue weighted by Gasteiger charge is 2.36. The molecule has 1 heterocycles. The second-order valence-electron chi connectivity index (χ2n) is 14.0. The minimum atomic E-state index is -1.15. The molecule has 0 amide bonds. The number of hydrogen-bond acceptors (Lipinski definition) is 10. The largest absolute Gasteiger partial charge is 0.458 e. The third-order valence-corrected chi connectivity index (χ3v) is 9.74. The SMILES string of the molecule is C[C@@H]([C@@H](O)[C@H](C)C(=O)/C=C/[C@H](C)[C@@H](C)O)[C@H]1OC(=O)/C=C/C=C/[C@H](C)[C@@H]([C@@H](C)[C@@H](O)[C@H](C)C(=O)/C=C/[C@H](C)[C@@H](C)O)OC(=O)/C=C/C=C/[C@@H]1C. The van der Waals surface area contributed by atoms with Gasteiger partial charge in [-0.25, -0.2) is 9.59 Å². The van der Waals surface area contributed by atoms with E-state index in [1.165, 1.54) is 36.5 Å². The van der Waals surface area contributed by atoms with Crippen LogP contribution < -0.4 is 0 Å². The lowest BCUT2D eigenvalue weighted by Gasteiger charge is -2.33. The van der Waals surface area contributed by atoms with Gasteiger partial charge in [0, 0.05) is 59.5 Å². The summed E-state index contributed by atoms with van der Waals surface area (Å²) in [4.78, 5) is 51.5. The summed E-state index contributed by atoms with van der Waals surface area (Å²) in [6.07, 6.45) is 12.7. The summed E-state index contributed by atoms with van der Waals surface area (Å²) in [7, 11) is 0. The number of rotatable bonds is 14. The van der Waals surface area contributed by atoms with Crippen molar-refractivity contribution < 1.29 is 49.1 Å². The van der Waals surface area contributed by atoms with Gasteiger partial charge >= 0.3 is 11.9 Å². The highest BCUT2D eigenvalue weighted by Crippen LogP contribution is 2.28. The van der Waals surface area contributed by atoms with Gasteiger partial charge in [-0.05, 0) is 26.0 Å². The Hall–Kier alpha value is -3.44. The first-order chi connectivity index (χ1) is 23.3. The molecular weight excluding hydrogens is 640 g/mol. The molecule has 0 aliphatic carbocycles. The average molecular weight is 701 g/mol. The second kappa shape index (κ2) is 21.7. The molecule has 0 aromatic heterocycles. The van der Waals surface area contributed by atoms with Crippen LogP contribution in [0.2, 0.25) is 0 Å². The van der Waals surface area contributed by atoms with E-state index >= 15 is 0 Å². The lowest BCUT2D eigenvalue weighted by atomic mass is 9.82. The lowest BCUT2D eigenvalue weighted by molar-refractivity contribution is -0.152. The van der Waals surface area contributed by atoms with E-state index in [-0.39, 0.29) is 23.4 Å². The van der Waals surface area contributed by atoms with Crippen LogP contribution in [0.25, 0.3) is 0 Å². The molecule has 0 spiro atoms. The Kier molecular flexibility index (Phi) is 19.4. The topological polar surface area (TPSA) is 168 Å². The highest BCUT2D eigenvalue weighted by molar-refractivity contribution is 5.92. The van der Waals surface area contributed by atoms with Gasteiger partial charge in [-0.2, -0.15) is 0 Å². The molecule has 0 unspecified atom stereocenters. The van der Waals surface area contributed by atoms with Crippen molar-refractivity contribution in [2.24, 2.45) is 47.3 Å². The zero-order valence-electron chi connectivity index (χ0n) is 31.2. The minimum absolute atomic E-state index is 0.242. The highest BCUT2D eigenvalue weighted by atomic mass is 16.5. The van der Waals surface area contributed by atoms with Crippen LogP contribution in [0.5, 0.6) is 0 Å². The van der Waals surface area contributed by atoms with Crippen molar-refractivity contribution in [3.63, 3.8) is 0 Å². The number of aliphatic hydroxyl groups is 4. The zero-order chi connectivity index (χ0) is 38.3. The maximum atomic E-state index is 12.9. The van der Waals surface area contributed by atoms with Crippen LogP contribution >= 0.6 is 0 Å². The van der Waals surface area contributed by atoms with Crippen molar-refractivity contribution in [2.45, 2.75) is 106 Å². The molecule has 1 rings (SSSR count). The van der Waals surface area contributed by atoms with Crippen molar-refractivity contribution in [1.29, 1.82) is 0 Å². The Bertz CT molecular complexity index is 1190. The number of esters is 2. The zero-order valence-corrected chi connectivity index (χ0v) is 31.2. The van der Waals surface area contributed by atoms with Gasteiger partial charge in [-0.3, -0.25) is 9.59 Å². The number of ketones is 2. The van der Waals surface area contributed by atoms with E-state index in [4.69, 9.17) is 9.47 Å². The lowest BCUT2D eigenvalue weighted by Crippen LogP contribution is -2.41. The monoisotopic (exact) mass is 700 g/mol. The Labute approximate surface area is 298 Å². The van der Waals surface area contributed by atoms with E-state index in [0.717, 1.165) is 0 Å². The smallest absolute Gasteiger partial charge is 0.331 e. The Morgan fingerprint density at radius 3 is 1.22 bits per heavy atom. The van der Waals surface area contributed by atoms with Crippen molar-refractivity contribution in [2.75, 3.05) is 0 Å². The van der Waals surface area contributed by atoms with Gasteiger partial charge in [0.05, 0.1) is 24.4 Å². The molecule has 0 aromatic rings. The molecule has 1 aliphatic rings. The Balaban J connectivity index is 3.25. The predicted molar refractivity (Wildman–Crippen MR) is 193 cm³/mol. The van der Waals surface area contributed by atoms with Crippen LogP contribution in [0, 0.1) is 47.3 Å². The summed E-state index contributed by atoms with van der Waals surface area (Å²) < 4.78 is 11.6. The molecule has 1 aliphatic heterocycles. The minimum Gasteiger partial charge on any atom is -0.458 e. The molecule has 0 saturated carbocycles. The van der Waals surface area contributed by atoms with Gasteiger partial charge < -0.3 is 29.9 Å². The molecule has 0 bridgehead atoms. The van der Waals surface area contributed by atoms with Gasteiger partial charge in [0.2, 0.25) is 0 Å². The molecule has 0 aromatic carbocycles. The van der Waals surface area contributed by atoms with Gasteiger partial charge in [-0.15, -0.1) is 0 Å². The fraction of sp³-hybridized carbons (Fsp3) is 0.600. The first kappa shape index (κ1) is 44.6. The summed E-state index contributed by atoms with van der Waals surface area (Å²) in [5.74, 6) is -6.23. The van der Waals surface area contributed by atoms with E-state index < -0.39 is 84.1 Å². The quantitative estimate of drug-likeness (QED) is 0.145. The molecule has 0 radical (unpaired) electrons.